The van der Waals surface area contributed by atoms with Crippen LogP contribution in [0.1, 0.15) is 12.5 Å². The van der Waals surface area contributed by atoms with E-state index in [1.54, 1.807) is 31.2 Å². The van der Waals surface area contributed by atoms with Gasteiger partial charge in [0.1, 0.15) is 10.1 Å². The van der Waals surface area contributed by atoms with Crippen molar-refractivity contribution in [2.75, 3.05) is 0 Å². The van der Waals surface area contributed by atoms with Gasteiger partial charge in [-0.1, -0.05) is 48.6 Å². The summed E-state index contributed by atoms with van der Waals surface area (Å²) in [5.41, 5.74) is 1.33. The van der Waals surface area contributed by atoms with E-state index >= 15 is 0 Å². The van der Waals surface area contributed by atoms with Gasteiger partial charge in [-0.2, -0.15) is 0 Å². The summed E-state index contributed by atoms with van der Waals surface area (Å²) < 4.78 is 34.4. The molecule has 19 heavy (non-hydrogen) atoms. The molecular formula is C14H13NaO3S. The molecule has 94 valence electrons. The van der Waals surface area contributed by atoms with Crippen LogP contribution in [0.2, 0.25) is 0 Å². The largest absolute Gasteiger partial charge is 1.00 e. The van der Waals surface area contributed by atoms with Crippen molar-refractivity contribution in [2.24, 2.45) is 0 Å². The summed E-state index contributed by atoms with van der Waals surface area (Å²) >= 11 is 0. The maximum absolute atomic E-state index is 11.5. The fourth-order valence-corrected chi connectivity index (χ4v) is 2.96. The number of benzene rings is 2. The molecule has 0 fully saturated rings. The Hall–Kier alpha value is -0.650. The first-order chi connectivity index (χ1) is 8.39. The maximum Gasteiger partial charge on any atom is 1.00 e. The van der Waals surface area contributed by atoms with Gasteiger partial charge in [-0.25, -0.2) is 8.42 Å². The molecule has 0 aromatic heterocycles. The molecule has 0 radical (unpaired) electrons. The van der Waals surface area contributed by atoms with Gasteiger partial charge in [-0.3, -0.25) is 0 Å². The Morgan fingerprint density at radius 1 is 1.21 bits per heavy atom. The van der Waals surface area contributed by atoms with Crippen LogP contribution in [0.15, 0.2) is 53.4 Å². The fourth-order valence-electron chi connectivity index (χ4n) is 2.05. The van der Waals surface area contributed by atoms with Crippen molar-refractivity contribution in [3.05, 3.63) is 54.1 Å². The predicted molar refractivity (Wildman–Crippen MR) is 70.4 cm³/mol. The third-order valence-corrected chi connectivity index (χ3v) is 3.69. The Morgan fingerprint density at radius 2 is 1.84 bits per heavy atom. The Bertz CT molecular complexity index is 721. The molecule has 0 aliphatic rings. The minimum absolute atomic E-state index is 0. The van der Waals surface area contributed by atoms with Crippen molar-refractivity contribution in [2.45, 2.75) is 18.2 Å². The molecule has 0 heterocycles. The fraction of sp³-hybridized carbons (Fsp3) is 0.143. The zero-order chi connectivity index (χ0) is 13.3. The van der Waals surface area contributed by atoms with Crippen LogP contribution in [-0.2, 0) is 16.5 Å². The van der Waals surface area contributed by atoms with Gasteiger partial charge in [0.25, 0.3) is 0 Å². The van der Waals surface area contributed by atoms with E-state index in [-0.39, 0.29) is 34.5 Å². The van der Waals surface area contributed by atoms with Crippen LogP contribution in [0.4, 0.5) is 0 Å². The van der Waals surface area contributed by atoms with Crippen LogP contribution in [0.3, 0.4) is 0 Å². The molecule has 0 unspecified atom stereocenters. The Morgan fingerprint density at radius 3 is 2.42 bits per heavy atom. The van der Waals surface area contributed by atoms with Crippen molar-refractivity contribution in [3.63, 3.8) is 0 Å². The van der Waals surface area contributed by atoms with Crippen LogP contribution < -0.4 is 29.6 Å². The van der Waals surface area contributed by atoms with Gasteiger partial charge in [0.05, 0.1) is 4.90 Å². The Balaban J connectivity index is 0.00000180. The van der Waals surface area contributed by atoms with E-state index in [0.29, 0.717) is 17.4 Å². The van der Waals surface area contributed by atoms with Crippen LogP contribution in [-0.4, -0.2) is 13.0 Å². The zero-order valence-electron chi connectivity index (χ0n) is 11.0. The van der Waals surface area contributed by atoms with E-state index in [0.717, 1.165) is 11.0 Å². The van der Waals surface area contributed by atoms with E-state index < -0.39 is 10.1 Å². The molecule has 0 saturated carbocycles. The molecule has 2 aromatic carbocycles. The van der Waals surface area contributed by atoms with Gasteiger partial charge in [0, 0.05) is 0 Å². The van der Waals surface area contributed by atoms with E-state index in [2.05, 4.69) is 6.58 Å². The number of allylic oxidation sites excluding steroid dienone is 1. The first-order valence-electron chi connectivity index (χ1n) is 5.50. The molecule has 0 bridgehead atoms. The summed E-state index contributed by atoms with van der Waals surface area (Å²) in [4.78, 5) is -0.122. The molecule has 0 amide bonds. The first-order valence-corrected chi connectivity index (χ1v) is 6.91. The Labute approximate surface area is 135 Å². The average molecular weight is 284 g/mol. The van der Waals surface area contributed by atoms with Gasteiger partial charge in [-0.15, -0.1) is 0 Å². The molecule has 0 saturated heterocycles. The van der Waals surface area contributed by atoms with Crippen LogP contribution in [0.5, 0.6) is 0 Å². The van der Waals surface area contributed by atoms with Gasteiger partial charge in [0.15, 0.2) is 0 Å². The number of rotatable bonds is 3. The van der Waals surface area contributed by atoms with Crippen LogP contribution >= 0.6 is 0 Å². The van der Waals surface area contributed by atoms with Gasteiger partial charge < -0.3 is 4.55 Å². The second kappa shape index (κ2) is 6.20. The zero-order valence-corrected chi connectivity index (χ0v) is 13.8. The number of hydrogen-bond acceptors (Lipinski definition) is 3. The third-order valence-electron chi connectivity index (χ3n) is 2.70. The molecule has 0 aliphatic heterocycles. The quantitative estimate of drug-likeness (QED) is 0.448. The summed E-state index contributed by atoms with van der Waals surface area (Å²) in [6.45, 7) is 5.56. The summed E-state index contributed by atoms with van der Waals surface area (Å²) in [5.74, 6) is 0. The van der Waals surface area contributed by atoms with Crippen molar-refractivity contribution in [3.8, 4) is 0 Å². The van der Waals surface area contributed by atoms with Crippen molar-refractivity contribution >= 4 is 20.9 Å². The molecule has 0 N–H and O–H groups in total. The minimum atomic E-state index is -4.50. The molecule has 0 spiro atoms. The predicted octanol–water partition coefficient (Wildman–Crippen LogP) is -0.134. The first kappa shape index (κ1) is 16.4. The summed E-state index contributed by atoms with van der Waals surface area (Å²) in [6.07, 6.45) is 0.391. The molecule has 3 nitrogen and oxygen atoms in total. The monoisotopic (exact) mass is 284 g/mol. The standard InChI is InChI=1S/C14H14O3S.Na/c1-10(2)9-12-8-7-11-5-3-4-6-13(11)14(12)18(15,16)17;/h3-8H,1,9H2,2H3,(H,15,16,17);/q;+1/p-1. The molecule has 5 heteroatoms. The second-order valence-corrected chi connectivity index (χ2v) is 5.68. The average Bonchev–Trinajstić information content (AvgIpc) is 2.26. The normalized spacial score (nSPS) is 11.1. The molecule has 0 atom stereocenters. The van der Waals surface area contributed by atoms with Crippen LogP contribution in [0.25, 0.3) is 10.8 Å². The molecular weight excluding hydrogens is 271 g/mol. The van der Waals surface area contributed by atoms with E-state index in [4.69, 9.17) is 0 Å². The minimum Gasteiger partial charge on any atom is -0.744 e. The van der Waals surface area contributed by atoms with E-state index in [1.165, 1.54) is 0 Å². The third kappa shape index (κ3) is 3.68. The molecule has 2 aromatic rings. The topological polar surface area (TPSA) is 57.2 Å². The number of fused-ring (bicyclic) bond motifs is 1. The molecule has 0 aliphatic carbocycles. The summed E-state index contributed by atoms with van der Waals surface area (Å²) in [6, 6.07) is 10.5. The Kier molecular flexibility index (Phi) is 5.35. The number of hydrogen-bond donors (Lipinski definition) is 0. The van der Waals surface area contributed by atoms with Crippen molar-refractivity contribution < 1.29 is 42.5 Å². The van der Waals surface area contributed by atoms with Gasteiger partial charge in [0.2, 0.25) is 0 Å². The van der Waals surface area contributed by atoms with Crippen molar-refractivity contribution in [1.82, 2.24) is 0 Å². The van der Waals surface area contributed by atoms with Gasteiger partial charge in [-0.05, 0) is 29.7 Å². The van der Waals surface area contributed by atoms with Crippen LogP contribution in [0, 0.1) is 0 Å². The summed E-state index contributed by atoms with van der Waals surface area (Å²) in [5, 5.41) is 1.23. The van der Waals surface area contributed by atoms with Crippen molar-refractivity contribution in [1.29, 1.82) is 0 Å². The second-order valence-electron chi connectivity index (χ2n) is 4.36. The van der Waals surface area contributed by atoms with E-state index in [9.17, 15) is 13.0 Å². The summed E-state index contributed by atoms with van der Waals surface area (Å²) in [7, 11) is -4.50. The maximum atomic E-state index is 11.5. The van der Waals surface area contributed by atoms with E-state index in [1.807, 2.05) is 12.1 Å². The van der Waals surface area contributed by atoms with Gasteiger partial charge >= 0.3 is 29.6 Å². The molecule has 2 rings (SSSR count). The smallest absolute Gasteiger partial charge is 0.744 e. The SMILES string of the molecule is C=C(C)Cc1ccc2ccccc2c1S(=O)(=O)[O-].[Na+].